The maximum absolute atomic E-state index is 12.6. The minimum atomic E-state index is -0.423. The van der Waals surface area contributed by atoms with Crippen molar-refractivity contribution in [3.05, 3.63) is 60.4 Å². The van der Waals surface area contributed by atoms with Crippen molar-refractivity contribution in [2.45, 2.75) is 13.8 Å². The molecule has 0 spiro atoms. The predicted octanol–water partition coefficient (Wildman–Crippen LogP) is 4.96. The number of hydrogen-bond acceptors (Lipinski definition) is 4. The maximum atomic E-state index is 12.6. The molecular formula is C22H20N2O3. The first kappa shape index (κ1) is 17.1. The zero-order valence-corrected chi connectivity index (χ0v) is 15.3. The summed E-state index contributed by atoms with van der Waals surface area (Å²) in [4.78, 5) is 20.4. The lowest BCUT2D eigenvalue weighted by atomic mass is 9.98. The molecule has 5 nitrogen and oxygen atoms in total. The molecular weight excluding hydrogens is 340 g/mol. The maximum Gasteiger partial charge on any atom is 0.357 e. The highest BCUT2D eigenvalue weighted by Crippen LogP contribution is 2.37. The van der Waals surface area contributed by atoms with Crippen LogP contribution in [0, 0.1) is 0 Å². The Morgan fingerprint density at radius 2 is 1.85 bits per heavy atom. The fourth-order valence-corrected chi connectivity index (χ4v) is 3.37. The number of carbonyl (C=O) groups is 1. The molecule has 0 bridgehead atoms. The third-order valence-corrected chi connectivity index (χ3v) is 4.45. The SMILES string of the molecule is CCOC(=O)c1ncc2[nH]c3ccc(OCC)cc3c2c1-c1ccccc1. The highest BCUT2D eigenvalue weighted by Gasteiger charge is 2.21. The second-order valence-electron chi connectivity index (χ2n) is 6.12. The van der Waals surface area contributed by atoms with E-state index in [1.807, 2.05) is 55.5 Å². The van der Waals surface area contributed by atoms with Gasteiger partial charge in [0.2, 0.25) is 0 Å². The Kier molecular flexibility index (Phi) is 4.50. The molecule has 0 fully saturated rings. The number of pyridine rings is 1. The number of aromatic amines is 1. The van der Waals surface area contributed by atoms with Gasteiger partial charge in [0.15, 0.2) is 5.69 Å². The molecule has 2 heterocycles. The lowest BCUT2D eigenvalue weighted by Crippen LogP contribution is -2.09. The van der Waals surface area contributed by atoms with Crippen molar-refractivity contribution in [1.82, 2.24) is 9.97 Å². The number of benzene rings is 2. The summed E-state index contributed by atoms with van der Waals surface area (Å²) in [6.45, 7) is 4.64. The van der Waals surface area contributed by atoms with E-state index in [1.54, 1.807) is 13.1 Å². The first-order valence-corrected chi connectivity index (χ1v) is 9.02. The average Bonchev–Trinajstić information content (AvgIpc) is 3.06. The van der Waals surface area contributed by atoms with Crippen molar-refractivity contribution in [1.29, 1.82) is 0 Å². The van der Waals surface area contributed by atoms with Gasteiger partial charge in [-0.25, -0.2) is 9.78 Å². The molecule has 0 saturated carbocycles. The van der Waals surface area contributed by atoms with E-state index in [2.05, 4.69) is 9.97 Å². The van der Waals surface area contributed by atoms with Crippen molar-refractivity contribution in [3.8, 4) is 16.9 Å². The quantitative estimate of drug-likeness (QED) is 0.511. The highest BCUT2D eigenvalue weighted by atomic mass is 16.5. The third kappa shape index (κ3) is 3.01. The number of hydrogen-bond donors (Lipinski definition) is 1. The molecule has 0 saturated heterocycles. The van der Waals surface area contributed by atoms with E-state index < -0.39 is 5.97 Å². The van der Waals surface area contributed by atoms with Crippen molar-refractivity contribution in [2.75, 3.05) is 13.2 Å². The molecule has 136 valence electrons. The second-order valence-corrected chi connectivity index (χ2v) is 6.12. The van der Waals surface area contributed by atoms with E-state index in [9.17, 15) is 4.79 Å². The van der Waals surface area contributed by atoms with Crippen molar-refractivity contribution >= 4 is 27.8 Å². The number of esters is 1. The monoisotopic (exact) mass is 360 g/mol. The van der Waals surface area contributed by atoms with Crippen molar-refractivity contribution in [2.24, 2.45) is 0 Å². The van der Waals surface area contributed by atoms with Crippen LogP contribution in [-0.4, -0.2) is 29.2 Å². The Bertz CT molecular complexity index is 1120. The number of ether oxygens (including phenoxy) is 2. The zero-order chi connectivity index (χ0) is 18.8. The van der Waals surface area contributed by atoms with Crippen LogP contribution in [0.15, 0.2) is 54.7 Å². The van der Waals surface area contributed by atoms with Gasteiger partial charge in [-0.1, -0.05) is 30.3 Å². The largest absolute Gasteiger partial charge is 0.494 e. The minimum absolute atomic E-state index is 0.301. The van der Waals surface area contributed by atoms with E-state index >= 15 is 0 Å². The van der Waals surface area contributed by atoms with Gasteiger partial charge in [0.1, 0.15) is 5.75 Å². The molecule has 5 heteroatoms. The average molecular weight is 360 g/mol. The number of fused-ring (bicyclic) bond motifs is 3. The number of rotatable bonds is 5. The smallest absolute Gasteiger partial charge is 0.357 e. The van der Waals surface area contributed by atoms with Gasteiger partial charge in [0, 0.05) is 21.9 Å². The Labute approximate surface area is 156 Å². The first-order chi connectivity index (χ1) is 13.2. The third-order valence-electron chi connectivity index (χ3n) is 4.45. The summed E-state index contributed by atoms with van der Waals surface area (Å²) in [5.74, 6) is 0.368. The number of H-pyrrole nitrogens is 1. The van der Waals surface area contributed by atoms with E-state index in [4.69, 9.17) is 9.47 Å². The van der Waals surface area contributed by atoms with Gasteiger partial charge in [-0.15, -0.1) is 0 Å². The summed E-state index contributed by atoms with van der Waals surface area (Å²) in [7, 11) is 0. The summed E-state index contributed by atoms with van der Waals surface area (Å²) in [6, 6.07) is 15.7. The van der Waals surface area contributed by atoms with E-state index in [0.717, 1.165) is 38.7 Å². The molecule has 4 aromatic rings. The van der Waals surface area contributed by atoms with Crippen LogP contribution in [0.5, 0.6) is 5.75 Å². The van der Waals surface area contributed by atoms with Crippen LogP contribution >= 0.6 is 0 Å². The summed E-state index contributed by atoms with van der Waals surface area (Å²) >= 11 is 0. The predicted molar refractivity (Wildman–Crippen MR) is 106 cm³/mol. The van der Waals surface area contributed by atoms with Crippen LogP contribution in [-0.2, 0) is 4.74 Å². The zero-order valence-electron chi connectivity index (χ0n) is 15.3. The number of nitrogens with one attached hydrogen (secondary N) is 1. The molecule has 0 aliphatic heterocycles. The standard InChI is InChI=1S/C22H20N2O3/c1-3-26-15-10-11-17-16(12-15)20-18(24-17)13-23-21(22(25)27-4-2)19(20)14-8-6-5-7-9-14/h5-13,24H,3-4H2,1-2H3. The fourth-order valence-electron chi connectivity index (χ4n) is 3.37. The Hall–Kier alpha value is -3.34. The van der Waals surface area contributed by atoms with Crippen LogP contribution in [0.4, 0.5) is 0 Å². The van der Waals surface area contributed by atoms with Crippen LogP contribution in [0.2, 0.25) is 0 Å². The van der Waals surface area contributed by atoms with Gasteiger partial charge < -0.3 is 14.5 Å². The topological polar surface area (TPSA) is 64.2 Å². The molecule has 0 unspecified atom stereocenters. The Morgan fingerprint density at radius 1 is 1.04 bits per heavy atom. The number of nitrogens with zero attached hydrogens (tertiary/aromatic N) is 1. The number of carbonyl (C=O) groups excluding carboxylic acids is 1. The molecule has 2 aromatic heterocycles. The summed E-state index contributed by atoms with van der Waals surface area (Å²) in [6.07, 6.45) is 1.69. The van der Waals surface area contributed by atoms with Gasteiger partial charge >= 0.3 is 5.97 Å². The fraction of sp³-hybridized carbons (Fsp3) is 0.182. The summed E-state index contributed by atoms with van der Waals surface area (Å²) in [5, 5.41) is 1.93. The molecule has 0 aliphatic carbocycles. The van der Waals surface area contributed by atoms with Crippen LogP contribution in [0.1, 0.15) is 24.3 Å². The van der Waals surface area contributed by atoms with Crippen LogP contribution in [0.25, 0.3) is 32.9 Å². The lowest BCUT2D eigenvalue weighted by Gasteiger charge is -2.10. The van der Waals surface area contributed by atoms with Crippen LogP contribution < -0.4 is 4.74 Å². The van der Waals surface area contributed by atoms with Crippen molar-refractivity contribution < 1.29 is 14.3 Å². The lowest BCUT2D eigenvalue weighted by molar-refractivity contribution is 0.0520. The van der Waals surface area contributed by atoms with Gasteiger partial charge in [-0.2, -0.15) is 0 Å². The Balaban J connectivity index is 2.08. The van der Waals surface area contributed by atoms with E-state index in [1.165, 1.54) is 0 Å². The van der Waals surface area contributed by atoms with Crippen LogP contribution in [0.3, 0.4) is 0 Å². The molecule has 1 N–H and O–H groups in total. The molecule has 2 aromatic carbocycles. The van der Waals surface area contributed by atoms with Crippen molar-refractivity contribution in [3.63, 3.8) is 0 Å². The summed E-state index contributed by atoms with van der Waals surface area (Å²) in [5.41, 5.74) is 3.84. The number of aromatic nitrogens is 2. The normalized spacial score (nSPS) is 11.0. The first-order valence-electron chi connectivity index (χ1n) is 9.02. The summed E-state index contributed by atoms with van der Waals surface area (Å²) < 4.78 is 10.9. The van der Waals surface area contributed by atoms with Gasteiger partial charge in [0.05, 0.1) is 24.9 Å². The molecule has 0 aliphatic rings. The van der Waals surface area contributed by atoms with E-state index in [-0.39, 0.29) is 0 Å². The van der Waals surface area contributed by atoms with E-state index in [0.29, 0.717) is 18.9 Å². The van der Waals surface area contributed by atoms with Gasteiger partial charge in [-0.3, -0.25) is 0 Å². The molecule has 27 heavy (non-hydrogen) atoms. The second kappa shape index (κ2) is 7.11. The molecule has 0 radical (unpaired) electrons. The molecule has 4 rings (SSSR count). The van der Waals surface area contributed by atoms with Gasteiger partial charge in [0.25, 0.3) is 0 Å². The highest BCUT2D eigenvalue weighted by molar-refractivity contribution is 6.17. The van der Waals surface area contributed by atoms with Gasteiger partial charge in [-0.05, 0) is 37.6 Å². The molecule has 0 amide bonds. The Morgan fingerprint density at radius 3 is 2.59 bits per heavy atom. The minimum Gasteiger partial charge on any atom is -0.494 e. The molecule has 0 atom stereocenters.